The zero-order chi connectivity index (χ0) is 13.6. The van der Waals surface area contributed by atoms with Crippen molar-refractivity contribution in [3.8, 4) is 0 Å². The minimum atomic E-state index is -0.370. The van der Waals surface area contributed by atoms with Crippen molar-refractivity contribution in [2.75, 3.05) is 26.7 Å². The van der Waals surface area contributed by atoms with E-state index in [1.807, 2.05) is 12.2 Å². The number of nitrogens with one attached hydrogen (secondary N) is 1. The van der Waals surface area contributed by atoms with Crippen molar-refractivity contribution in [1.29, 1.82) is 0 Å². The Bertz CT molecular complexity index is 523. The van der Waals surface area contributed by atoms with Crippen LogP contribution in [0.15, 0.2) is 47.2 Å². The third-order valence-electron chi connectivity index (χ3n) is 2.92. The molecule has 0 aliphatic heterocycles. The molecule has 0 aliphatic carbocycles. The fourth-order valence-electron chi connectivity index (χ4n) is 1.85. The van der Waals surface area contributed by atoms with Gasteiger partial charge in [-0.1, -0.05) is 13.2 Å². The van der Waals surface area contributed by atoms with Crippen molar-refractivity contribution in [3.63, 3.8) is 0 Å². The number of quaternary nitrogens is 1. The van der Waals surface area contributed by atoms with Gasteiger partial charge < -0.3 is 21.5 Å². The van der Waals surface area contributed by atoms with E-state index in [1.54, 1.807) is 0 Å². The summed E-state index contributed by atoms with van der Waals surface area (Å²) >= 11 is 0. The molecule has 1 aromatic rings. The van der Waals surface area contributed by atoms with Crippen molar-refractivity contribution in [2.24, 2.45) is 0 Å². The zero-order valence-corrected chi connectivity index (χ0v) is 12.7. The van der Waals surface area contributed by atoms with Gasteiger partial charge in [-0.25, -0.2) is 4.79 Å². The lowest BCUT2D eigenvalue weighted by molar-refractivity contribution is -0.898. The first-order valence-electron chi connectivity index (χ1n) is 5.86. The Kier molecular flexibility index (Phi) is 7.33. The molecule has 0 bridgehead atoms. The van der Waals surface area contributed by atoms with Gasteiger partial charge in [-0.3, -0.25) is 14.3 Å². The SMILES string of the molecule is C=CC[N+](C)(CC=C)CCn1ccc(=O)[nH]c1=O.[Br-]. The smallest absolute Gasteiger partial charge is 0.328 e. The first-order chi connectivity index (χ1) is 8.50. The van der Waals surface area contributed by atoms with Crippen molar-refractivity contribution in [3.05, 3.63) is 58.4 Å². The fourth-order valence-corrected chi connectivity index (χ4v) is 1.85. The summed E-state index contributed by atoms with van der Waals surface area (Å²) in [5, 5.41) is 0. The van der Waals surface area contributed by atoms with E-state index in [1.165, 1.54) is 16.8 Å². The topological polar surface area (TPSA) is 54.9 Å². The maximum Gasteiger partial charge on any atom is 0.328 e. The van der Waals surface area contributed by atoms with Crippen LogP contribution in [0.2, 0.25) is 0 Å². The van der Waals surface area contributed by atoms with E-state index in [0.717, 1.165) is 24.1 Å². The monoisotopic (exact) mass is 329 g/mol. The molecule has 0 amide bonds. The zero-order valence-electron chi connectivity index (χ0n) is 11.1. The van der Waals surface area contributed by atoms with E-state index in [9.17, 15) is 9.59 Å². The predicted octanol–water partition coefficient (Wildman–Crippen LogP) is -2.64. The van der Waals surface area contributed by atoms with Gasteiger partial charge in [0.25, 0.3) is 5.56 Å². The van der Waals surface area contributed by atoms with E-state index in [4.69, 9.17) is 0 Å². The van der Waals surface area contributed by atoms with Crippen LogP contribution >= 0.6 is 0 Å². The minimum absolute atomic E-state index is 0. The van der Waals surface area contributed by atoms with Gasteiger partial charge in [-0.15, -0.1) is 0 Å². The average molecular weight is 330 g/mol. The van der Waals surface area contributed by atoms with Crippen LogP contribution in [0.3, 0.4) is 0 Å². The Labute approximate surface area is 123 Å². The molecule has 6 heteroatoms. The lowest BCUT2D eigenvalue weighted by Crippen LogP contribution is -3.00. The third kappa shape index (κ3) is 5.40. The molecule has 0 saturated heterocycles. The van der Waals surface area contributed by atoms with Gasteiger partial charge >= 0.3 is 5.69 Å². The molecule has 5 nitrogen and oxygen atoms in total. The largest absolute Gasteiger partial charge is 1.00 e. The maximum atomic E-state index is 11.5. The summed E-state index contributed by atoms with van der Waals surface area (Å²) in [5.74, 6) is 0. The fraction of sp³-hybridized carbons (Fsp3) is 0.385. The van der Waals surface area contributed by atoms with Gasteiger partial charge in [-0.2, -0.15) is 0 Å². The van der Waals surface area contributed by atoms with Crippen LogP contribution in [0.1, 0.15) is 0 Å². The molecule has 0 unspecified atom stereocenters. The number of likely N-dealkylation sites (N-methyl/N-ethyl adjacent to an activating group) is 1. The van der Waals surface area contributed by atoms with Gasteiger partial charge in [0.2, 0.25) is 0 Å². The Hall–Kier alpha value is -1.40. The number of hydrogen-bond acceptors (Lipinski definition) is 2. The van der Waals surface area contributed by atoms with Crippen LogP contribution in [-0.4, -0.2) is 40.7 Å². The molecule has 0 atom stereocenters. The molecule has 1 N–H and O–H groups in total. The summed E-state index contributed by atoms with van der Waals surface area (Å²) in [6.07, 6.45) is 5.24. The Balaban J connectivity index is 0.00000324. The number of halogens is 1. The Morgan fingerprint density at radius 2 is 1.89 bits per heavy atom. The molecule has 19 heavy (non-hydrogen) atoms. The number of aromatic nitrogens is 2. The highest BCUT2D eigenvalue weighted by molar-refractivity contribution is 4.82. The standard InChI is InChI=1S/C13H19N3O2.BrH/c1-4-9-16(3,10-5-2)11-8-15-7-6-12(17)14-13(15)18;/h4-7H,1-2,8-11H2,3H3;1H. The van der Waals surface area contributed by atoms with Crippen molar-refractivity contribution in [2.45, 2.75) is 6.54 Å². The molecular formula is C13H20BrN3O2. The molecule has 0 aliphatic rings. The summed E-state index contributed by atoms with van der Waals surface area (Å²) in [6, 6.07) is 1.35. The Morgan fingerprint density at radius 3 is 2.37 bits per heavy atom. The average Bonchev–Trinajstić information content (AvgIpc) is 2.28. The predicted molar refractivity (Wildman–Crippen MR) is 72.5 cm³/mol. The number of hydrogen-bond donors (Lipinski definition) is 1. The molecule has 1 rings (SSSR count). The maximum absolute atomic E-state index is 11.5. The third-order valence-corrected chi connectivity index (χ3v) is 2.92. The number of aromatic amines is 1. The van der Waals surface area contributed by atoms with Crippen LogP contribution in [0, 0.1) is 0 Å². The molecular weight excluding hydrogens is 310 g/mol. The van der Waals surface area contributed by atoms with Crippen LogP contribution in [-0.2, 0) is 6.54 Å². The van der Waals surface area contributed by atoms with Crippen LogP contribution < -0.4 is 28.2 Å². The summed E-state index contributed by atoms with van der Waals surface area (Å²) in [5.41, 5.74) is -0.739. The van der Waals surface area contributed by atoms with Gasteiger partial charge in [0.1, 0.15) is 0 Å². The summed E-state index contributed by atoms with van der Waals surface area (Å²) in [6.45, 7) is 10.4. The first-order valence-corrected chi connectivity index (χ1v) is 5.86. The summed E-state index contributed by atoms with van der Waals surface area (Å²) < 4.78 is 2.24. The quantitative estimate of drug-likeness (QED) is 0.439. The lowest BCUT2D eigenvalue weighted by Gasteiger charge is -2.32. The molecule has 1 aromatic heterocycles. The van der Waals surface area contributed by atoms with Crippen LogP contribution in [0.5, 0.6) is 0 Å². The van der Waals surface area contributed by atoms with E-state index in [0.29, 0.717) is 6.54 Å². The minimum Gasteiger partial charge on any atom is -1.00 e. The van der Waals surface area contributed by atoms with Crippen molar-refractivity contribution in [1.82, 2.24) is 9.55 Å². The second kappa shape index (κ2) is 7.91. The second-order valence-corrected chi connectivity index (χ2v) is 4.59. The summed E-state index contributed by atoms with van der Waals surface area (Å²) in [7, 11) is 2.08. The van der Waals surface area contributed by atoms with Crippen LogP contribution in [0.4, 0.5) is 0 Å². The van der Waals surface area contributed by atoms with Gasteiger partial charge in [0, 0.05) is 12.3 Å². The van der Waals surface area contributed by atoms with Gasteiger partial charge in [0.05, 0.1) is 33.2 Å². The number of nitrogens with zero attached hydrogens (tertiary/aromatic N) is 2. The number of H-pyrrole nitrogens is 1. The molecule has 106 valence electrons. The van der Waals surface area contributed by atoms with E-state index in [-0.39, 0.29) is 28.2 Å². The highest BCUT2D eigenvalue weighted by Crippen LogP contribution is 2.03. The summed E-state index contributed by atoms with van der Waals surface area (Å²) in [4.78, 5) is 24.7. The van der Waals surface area contributed by atoms with Gasteiger partial charge in [0.15, 0.2) is 0 Å². The van der Waals surface area contributed by atoms with Crippen molar-refractivity contribution >= 4 is 0 Å². The lowest BCUT2D eigenvalue weighted by atomic mass is 10.3. The first kappa shape index (κ1) is 17.6. The normalized spacial score (nSPS) is 10.6. The second-order valence-electron chi connectivity index (χ2n) is 4.59. The van der Waals surface area contributed by atoms with E-state index < -0.39 is 0 Å². The molecule has 0 saturated carbocycles. The number of rotatable bonds is 7. The molecule has 0 spiro atoms. The highest BCUT2D eigenvalue weighted by atomic mass is 79.9. The molecule has 1 heterocycles. The Morgan fingerprint density at radius 1 is 1.32 bits per heavy atom. The van der Waals surface area contributed by atoms with Crippen LogP contribution in [0.25, 0.3) is 0 Å². The van der Waals surface area contributed by atoms with E-state index >= 15 is 0 Å². The molecule has 0 radical (unpaired) electrons. The van der Waals surface area contributed by atoms with Crippen molar-refractivity contribution < 1.29 is 21.5 Å². The highest BCUT2D eigenvalue weighted by Gasteiger charge is 2.17. The van der Waals surface area contributed by atoms with E-state index in [2.05, 4.69) is 25.2 Å². The molecule has 0 fully saturated rings. The van der Waals surface area contributed by atoms with Gasteiger partial charge in [-0.05, 0) is 12.2 Å². The molecule has 0 aromatic carbocycles.